The van der Waals surface area contributed by atoms with Gasteiger partial charge in [0.1, 0.15) is 0 Å². The molecule has 0 fully saturated rings. The van der Waals surface area contributed by atoms with Crippen LogP contribution in [0.15, 0.2) is 24.3 Å². The molecular weight excluding hydrogens is 172 g/mol. The van der Waals surface area contributed by atoms with Crippen LogP contribution in [-0.4, -0.2) is 5.78 Å². The SMILES string of the molecule is C.Cc1ccc(C(=O)C(C)(C)C)cc1. The first-order valence-corrected chi connectivity index (χ1v) is 4.53. The van der Waals surface area contributed by atoms with E-state index in [1.165, 1.54) is 5.56 Å². The van der Waals surface area contributed by atoms with Crippen molar-refractivity contribution in [2.45, 2.75) is 35.1 Å². The largest absolute Gasteiger partial charge is 0.294 e. The highest BCUT2D eigenvalue weighted by Crippen LogP contribution is 2.20. The molecule has 0 unspecified atom stereocenters. The van der Waals surface area contributed by atoms with E-state index in [0.717, 1.165) is 5.56 Å². The molecule has 0 heterocycles. The molecule has 1 aromatic carbocycles. The third-order valence-corrected chi connectivity index (χ3v) is 1.99. The van der Waals surface area contributed by atoms with E-state index >= 15 is 0 Å². The minimum atomic E-state index is -0.282. The highest BCUT2D eigenvalue weighted by molar-refractivity contribution is 5.99. The first-order chi connectivity index (χ1) is 5.91. The summed E-state index contributed by atoms with van der Waals surface area (Å²) in [7, 11) is 0. The predicted molar refractivity (Wildman–Crippen MR) is 61.7 cm³/mol. The lowest BCUT2D eigenvalue weighted by molar-refractivity contribution is 0.0858. The fourth-order valence-corrected chi connectivity index (χ4v) is 1.14. The van der Waals surface area contributed by atoms with Crippen molar-refractivity contribution >= 4 is 5.78 Å². The van der Waals surface area contributed by atoms with Gasteiger partial charge in [-0.3, -0.25) is 4.79 Å². The molecule has 0 amide bonds. The van der Waals surface area contributed by atoms with Crippen molar-refractivity contribution < 1.29 is 4.79 Å². The lowest BCUT2D eigenvalue weighted by Crippen LogP contribution is -2.19. The molecule has 0 radical (unpaired) electrons. The molecule has 0 aliphatic heterocycles. The second-order valence-electron chi connectivity index (χ2n) is 4.45. The maximum absolute atomic E-state index is 11.8. The summed E-state index contributed by atoms with van der Waals surface area (Å²) < 4.78 is 0. The van der Waals surface area contributed by atoms with Crippen LogP contribution in [0.3, 0.4) is 0 Å². The molecule has 0 bridgehead atoms. The number of Topliss-reactive ketones (excluding diaryl/α,β-unsaturated/α-hetero) is 1. The summed E-state index contributed by atoms with van der Waals surface area (Å²) in [5.41, 5.74) is 1.71. The van der Waals surface area contributed by atoms with Crippen LogP contribution >= 0.6 is 0 Å². The predicted octanol–water partition coefficient (Wildman–Crippen LogP) is 3.86. The molecule has 1 aromatic rings. The van der Waals surface area contributed by atoms with Gasteiger partial charge in [0.05, 0.1) is 0 Å². The van der Waals surface area contributed by atoms with Crippen LogP contribution in [0, 0.1) is 12.3 Å². The second-order valence-corrected chi connectivity index (χ2v) is 4.45. The van der Waals surface area contributed by atoms with Crippen molar-refractivity contribution in [3.8, 4) is 0 Å². The third-order valence-electron chi connectivity index (χ3n) is 1.99. The van der Waals surface area contributed by atoms with Gasteiger partial charge >= 0.3 is 0 Å². The average molecular weight is 192 g/mol. The Kier molecular flexibility index (Phi) is 4.06. The van der Waals surface area contributed by atoms with E-state index in [1.807, 2.05) is 52.0 Å². The standard InChI is InChI=1S/C12H16O.CH4/c1-9-5-7-10(8-6-9)11(13)12(2,3)4;/h5-8H,1-4H3;1H4. The molecule has 14 heavy (non-hydrogen) atoms. The van der Waals surface area contributed by atoms with Crippen molar-refractivity contribution in [1.29, 1.82) is 0 Å². The number of aryl methyl sites for hydroxylation is 1. The summed E-state index contributed by atoms with van der Waals surface area (Å²) in [5, 5.41) is 0. The number of carbonyl (C=O) groups is 1. The van der Waals surface area contributed by atoms with E-state index in [2.05, 4.69) is 0 Å². The smallest absolute Gasteiger partial charge is 0.168 e. The van der Waals surface area contributed by atoms with Crippen LogP contribution < -0.4 is 0 Å². The summed E-state index contributed by atoms with van der Waals surface area (Å²) in [4.78, 5) is 11.8. The maximum Gasteiger partial charge on any atom is 0.168 e. The molecular formula is C13H20O. The minimum absolute atomic E-state index is 0. The summed E-state index contributed by atoms with van der Waals surface area (Å²) in [5.74, 6) is 0.201. The fourth-order valence-electron chi connectivity index (χ4n) is 1.14. The molecule has 0 aliphatic carbocycles. The summed E-state index contributed by atoms with van der Waals surface area (Å²) in [6, 6.07) is 7.73. The van der Waals surface area contributed by atoms with Gasteiger partial charge in [-0.2, -0.15) is 0 Å². The third kappa shape index (κ3) is 2.99. The van der Waals surface area contributed by atoms with Gasteiger partial charge in [0.15, 0.2) is 5.78 Å². The molecule has 0 N–H and O–H groups in total. The molecule has 0 aromatic heterocycles. The number of hydrogen-bond acceptors (Lipinski definition) is 1. The van der Waals surface area contributed by atoms with E-state index in [4.69, 9.17) is 0 Å². The maximum atomic E-state index is 11.8. The van der Waals surface area contributed by atoms with Crippen LogP contribution in [0.1, 0.15) is 44.1 Å². The fraction of sp³-hybridized carbons (Fsp3) is 0.462. The number of carbonyl (C=O) groups excluding carboxylic acids is 1. The first kappa shape index (κ1) is 12.9. The summed E-state index contributed by atoms with van der Waals surface area (Å²) in [6.07, 6.45) is 0. The monoisotopic (exact) mass is 192 g/mol. The van der Waals surface area contributed by atoms with Gasteiger partial charge in [-0.25, -0.2) is 0 Å². The van der Waals surface area contributed by atoms with Gasteiger partial charge in [-0.15, -0.1) is 0 Å². The van der Waals surface area contributed by atoms with E-state index in [0.29, 0.717) is 0 Å². The molecule has 1 nitrogen and oxygen atoms in total. The number of hydrogen-bond donors (Lipinski definition) is 0. The van der Waals surface area contributed by atoms with Gasteiger partial charge in [-0.1, -0.05) is 58.0 Å². The minimum Gasteiger partial charge on any atom is -0.294 e. The van der Waals surface area contributed by atoms with Crippen LogP contribution in [-0.2, 0) is 0 Å². The summed E-state index contributed by atoms with van der Waals surface area (Å²) in [6.45, 7) is 7.84. The Morgan fingerprint density at radius 1 is 1.07 bits per heavy atom. The number of rotatable bonds is 1. The zero-order valence-electron chi connectivity index (χ0n) is 8.72. The molecule has 78 valence electrons. The highest BCUT2D eigenvalue weighted by atomic mass is 16.1. The molecule has 1 rings (SSSR count). The van der Waals surface area contributed by atoms with Crippen molar-refractivity contribution in [2.24, 2.45) is 5.41 Å². The lowest BCUT2D eigenvalue weighted by atomic mass is 9.86. The Morgan fingerprint density at radius 3 is 1.86 bits per heavy atom. The molecule has 1 heteroatoms. The van der Waals surface area contributed by atoms with Crippen molar-refractivity contribution in [1.82, 2.24) is 0 Å². The topological polar surface area (TPSA) is 17.1 Å². The van der Waals surface area contributed by atoms with Crippen molar-refractivity contribution in [3.05, 3.63) is 35.4 Å². The van der Waals surface area contributed by atoms with Gasteiger partial charge in [0, 0.05) is 11.0 Å². The molecule has 0 spiro atoms. The number of benzene rings is 1. The van der Waals surface area contributed by atoms with Crippen LogP contribution in [0.2, 0.25) is 0 Å². The Hall–Kier alpha value is -1.11. The molecule has 0 atom stereocenters. The van der Waals surface area contributed by atoms with Gasteiger partial charge < -0.3 is 0 Å². The van der Waals surface area contributed by atoms with Crippen LogP contribution in [0.5, 0.6) is 0 Å². The Bertz CT molecular complexity index is 301. The van der Waals surface area contributed by atoms with Crippen LogP contribution in [0.25, 0.3) is 0 Å². The number of ketones is 1. The molecule has 0 saturated heterocycles. The van der Waals surface area contributed by atoms with Gasteiger partial charge in [0.2, 0.25) is 0 Å². The van der Waals surface area contributed by atoms with E-state index in [1.54, 1.807) is 0 Å². The average Bonchev–Trinajstić information content (AvgIpc) is 2.03. The van der Waals surface area contributed by atoms with E-state index < -0.39 is 0 Å². The van der Waals surface area contributed by atoms with Gasteiger partial charge in [-0.05, 0) is 6.92 Å². The highest BCUT2D eigenvalue weighted by Gasteiger charge is 2.22. The lowest BCUT2D eigenvalue weighted by Gasteiger charge is -2.16. The van der Waals surface area contributed by atoms with E-state index in [9.17, 15) is 4.79 Å². The van der Waals surface area contributed by atoms with Crippen LogP contribution in [0.4, 0.5) is 0 Å². The van der Waals surface area contributed by atoms with Crippen molar-refractivity contribution in [2.75, 3.05) is 0 Å². The molecule has 0 saturated carbocycles. The second kappa shape index (κ2) is 4.41. The Morgan fingerprint density at radius 2 is 1.50 bits per heavy atom. The normalized spacial score (nSPS) is 10.6. The van der Waals surface area contributed by atoms with E-state index in [-0.39, 0.29) is 18.6 Å². The molecule has 0 aliphatic rings. The zero-order chi connectivity index (χ0) is 10.1. The summed E-state index contributed by atoms with van der Waals surface area (Å²) >= 11 is 0. The van der Waals surface area contributed by atoms with Gasteiger partial charge in [0.25, 0.3) is 0 Å². The first-order valence-electron chi connectivity index (χ1n) is 4.53. The Labute approximate surface area is 87.2 Å². The van der Waals surface area contributed by atoms with Crippen molar-refractivity contribution in [3.63, 3.8) is 0 Å². The quantitative estimate of drug-likeness (QED) is 0.617. The Balaban J connectivity index is 0.00000169. The zero-order valence-corrected chi connectivity index (χ0v) is 8.72.